The summed E-state index contributed by atoms with van der Waals surface area (Å²) >= 11 is 7.95. The summed E-state index contributed by atoms with van der Waals surface area (Å²) in [7, 11) is 0. The SMILES string of the molecule is CCOc1nc2ccc(OC3CC(COC[C@H](C)NC(C)=O)C3)c(Cl)c2s1. The number of carbonyl (C=O) groups excluding carboxylic acids is 1. The van der Waals surface area contributed by atoms with Gasteiger partial charge in [-0.1, -0.05) is 22.9 Å². The molecule has 1 atom stereocenters. The minimum Gasteiger partial charge on any atom is -0.489 e. The Hall–Kier alpha value is -1.57. The van der Waals surface area contributed by atoms with Crippen LogP contribution in [0.3, 0.4) is 0 Å². The van der Waals surface area contributed by atoms with Crippen molar-refractivity contribution in [3.8, 4) is 10.9 Å². The number of rotatable bonds is 9. The van der Waals surface area contributed by atoms with Gasteiger partial charge in [-0.15, -0.1) is 0 Å². The second kappa shape index (κ2) is 9.08. The standard InChI is InChI=1S/C19H25ClN2O4S/c1-4-25-19-22-15-5-6-16(17(20)18(15)27-19)26-14-7-13(8-14)10-24-9-11(2)21-12(3)23/h5-6,11,13-14H,4,7-10H2,1-3H3,(H,21,23)/t11-,13?,14?/m0/s1. The number of amides is 1. The molecule has 1 fully saturated rings. The largest absolute Gasteiger partial charge is 0.489 e. The number of aromatic nitrogens is 1. The maximum atomic E-state index is 11.0. The first-order chi connectivity index (χ1) is 13.0. The third-order valence-electron chi connectivity index (χ3n) is 4.37. The summed E-state index contributed by atoms with van der Waals surface area (Å²) in [5.74, 6) is 1.14. The molecule has 0 bridgehead atoms. The highest BCUT2D eigenvalue weighted by molar-refractivity contribution is 7.20. The number of carbonyl (C=O) groups is 1. The maximum Gasteiger partial charge on any atom is 0.274 e. The first-order valence-corrected chi connectivity index (χ1v) is 10.4. The fourth-order valence-corrected chi connectivity index (χ4v) is 4.31. The van der Waals surface area contributed by atoms with E-state index < -0.39 is 0 Å². The minimum atomic E-state index is -0.0358. The molecular weight excluding hydrogens is 388 g/mol. The van der Waals surface area contributed by atoms with Gasteiger partial charge in [0.1, 0.15) is 10.8 Å². The van der Waals surface area contributed by atoms with Crippen LogP contribution < -0.4 is 14.8 Å². The molecule has 1 N–H and O–H groups in total. The lowest BCUT2D eigenvalue weighted by Gasteiger charge is -2.35. The molecule has 1 amide bonds. The third kappa shape index (κ3) is 5.24. The van der Waals surface area contributed by atoms with E-state index in [2.05, 4.69) is 10.3 Å². The van der Waals surface area contributed by atoms with Gasteiger partial charge in [-0.2, -0.15) is 0 Å². The van der Waals surface area contributed by atoms with Crippen molar-refractivity contribution in [1.82, 2.24) is 10.3 Å². The van der Waals surface area contributed by atoms with Gasteiger partial charge in [0.15, 0.2) is 0 Å². The molecule has 0 aliphatic heterocycles. The van der Waals surface area contributed by atoms with Crippen LogP contribution in [-0.4, -0.2) is 42.9 Å². The zero-order valence-corrected chi connectivity index (χ0v) is 17.4. The van der Waals surface area contributed by atoms with Crippen molar-refractivity contribution in [2.24, 2.45) is 5.92 Å². The summed E-state index contributed by atoms with van der Waals surface area (Å²) in [6.07, 6.45) is 2.03. The predicted molar refractivity (Wildman–Crippen MR) is 107 cm³/mol. The van der Waals surface area contributed by atoms with Crippen molar-refractivity contribution in [1.29, 1.82) is 0 Å². The Morgan fingerprint density at radius 3 is 2.93 bits per heavy atom. The summed E-state index contributed by atoms with van der Waals surface area (Å²) in [6.45, 7) is 7.16. The second-order valence-electron chi connectivity index (χ2n) is 6.86. The quantitative estimate of drug-likeness (QED) is 0.672. The van der Waals surface area contributed by atoms with Crippen LogP contribution in [0.5, 0.6) is 10.9 Å². The highest BCUT2D eigenvalue weighted by Gasteiger charge is 2.31. The Kier molecular flexibility index (Phi) is 6.78. The lowest BCUT2D eigenvalue weighted by molar-refractivity contribution is -0.120. The number of benzene rings is 1. The van der Waals surface area contributed by atoms with E-state index >= 15 is 0 Å². The van der Waals surface area contributed by atoms with Crippen LogP contribution in [0.4, 0.5) is 0 Å². The van der Waals surface area contributed by atoms with Crippen molar-refractivity contribution >= 4 is 39.1 Å². The van der Waals surface area contributed by atoms with Gasteiger partial charge in [-0.3, -0.25) is 4.79 Å². The first kappa shape index (κ1) is 20.2. The van der Waals surface area contributed by atoms with E-state index in [9.17, 15) is 4.79 Å². The zero-order valence-electron chi connectivity index (χ0n) is 15.8. The highest BCUT2D eigenvalue weighted by Crippen LogP contribution is 2.41. The monoisotopic (exact) mass is 412 g/mol. The van der Waals surface area contributed by atoms with Crippen LogP contribution >= 0.6 is 22.9 Å². The van der Waals surface area contributed by atoms with Crippen molar-refractivity contribution in [3.05, 3.63) is 17.2 Å². The molecule has 27 heavy (non-hydrogen) atoms. The summed E-state index contributed by atoms with van der Waals surface area (Å²) < 4.78 is 18.1. The molecule has 148 valence electrons. The summed E-state index contributed by atoms with van der Waals surface area (Å²) in [4.78, 5) is 15.4. The smallest absolute Gasteiger partial charge is 0.274 e. The molecule has 0 spiro atoms. The number of ether oxygens (including phenoxy) is 3. The van der Waals surface area contributed by atoms with Gasteiger partial charge in [0.05, 0.1) is 29.5 Å². The Labute approximate surface area is 168 Å². The summed E-state index contributed by atoms with van der Waals surface area (Å²) in [5.41, 5.74) is 0.828. The van der Waals surface area contributed by atoms with Gasteiger partial charge in [-0.25, -0.2) is 4.98 Å². The number of nitrogens with one attached hydrogen (secondary N) is 1. The lowest BCUT2D eigenvalue weighted by atomic mass is 9.83. The minimum absolute atomic E-state index is 0.0288. The van der Waals surface area contributed by atoms with Gasteiger partial charge in [0.25, 0.3) is 5.19 Å². The number of hydrogen-bond donors (Lipinski definition) is 1. The molecule has 8 heteroatoms. The molecule has 1 heterocycles. The second-order valence-corrected chi connectivity index (χ2v) is 8.19. The van der Waals surface area contributed by atoms with Crippen LogP contribution in [0.25, 0.3) is 10.2 Å². The first-order valence-electron chi connectivity index (χ1n) is 9.19. The molecular formula is C19H25ClN2O4S. The van der Waals surface area contributed by atoms with Crippen LogP contribution in [-0.2, 0) is 9.53 Å². The fourth-order valence-electron chi connectivity index (χ4n) is 3.08. The van der Waals surface area contributed by atoms with E-state index in [0.29, 0.717) is 41.7 Å². The van der Waals surface area contributed by atoms with Gasteiger partial charge in [0, 0.05) is 19.6 Å². The molecule has 2 aromatic rings. The van der Waals surface area contributed by atoms with Crippen LogP contribution in [0.1, 0.15) is 33.6 Å². The average molecular weight is 413 g/mol. The molecule has 0 unspecified atom stereocenters. The summed E-state index contributed by atoms with van der Waals surface area (Å²) in [5, 5.41) is 4.03. The van der Waals surface area contributed by atoms with E-state index in [1.54, 1.807) is 0 Å². The van der Waals surface area contributed by atoms with E-state index in [-0.39, 0.29) is 18.1 Å². The molecule has 1 aliphatic rings. The van der Waals surface area contributed by atoms with Crippen LogP contribution in [0.2, 0.25) is 5.02 Å². The Bertz CT molecular complexity index is 791. The van der Waals surface area contributed by atoms with Crippen molar-refractivity contribution in [3.63, 3.8) is 0 Å². The van der Waals surface area contributed by atoms with Gasteiger partial charge in [-0.05, 0) is 44.7 Å². The average Bonchev–Trinajstić information content (AvgIpc) is 2.97. The lowest BCUT2D eigenvalue weighted by Crippen LogP contribution is -2.38. The molecule has 0 radical (unpaired) electrons. The van der Waals surface area contributed by atoms with Gasteiger partial charge >= 0.3 is 0 Å². The van der Waals surface area contributed by atoms with Crippen molar-refractivity contribution in [2.75, 3.05) is 19.8 Å². The summed E-state index contributed by atoms with van der Waals surface area (Å²) in [6, 6.07) is 3.82. The predicted octanol–water partition coefficient (Wildman–Crippen LogP) is 4.05. The normalized spacial score (nSPS) is 20.1. The number of halogens is 1. The van der Waals surface area contributed by atoms with Crippen molar-refractivity contribution in [2.45, 2.75) is 45.8 Å². The molecule has 1 aromatic carbocycles. The molecule has 1 saturated carbocycles. The van der Waals surface area contributed by atoms with Gasteiger partial charge in [0.2, 0.25) is 5.91 Å². The van der Waals surface area contributed by atoms with Gasteiger partial charge < -0.3 is 19.5 Å². The number of hydrogen-bond acceptors (Lipinski definition) is 6. The third-order valence-corrected chi connectivity index (χ3v) is 5.86. The Morgan fingerprint density at radius 1 is 1.44 bits per heavy atom. The van der Waals surface area contributed by atoms with E-state index in [0.717, 1.165) is 23.1 Å². The van der Waals surface area contributed by atoms with E-state index in [1.165, 1.54) is 18.3 Å². The van der Waals surface area contributed by atoms with E-state index in [4.69, 9.17) is 25.8 Å². The van der Waals surface area contributed by atoms with Crippen LogP contribution in [0.15, 0.2) is 12.1 Å². The Balaban J connectivity index is 1.46. The number of nitrogens with zero attached hydrogens (tertiary/aromatic N) is 1. The Morgan fingerprint density at radius 2 is 2.22 bits per heavy atom. The topological polar surface area (TPSA) is 69.7 Å². The molecule has 6 nitrogen and oxygen atoms in total. The molecule has 0 saturated heterocycles. The molecule has 1 aromatic heterocycles. The maximum absolute atomic E-state index is 11.0. The molecule has 1 aliphatic carbocycles. The number of fused-ring (bicyclic) bond motifs is 1. The highest BCUT2D eigenvalue weighted by atomic mass is 35.5. The fraction of sp³-hybridized carbons (Fsp3) is 0.579. The van der Waals surface area contributed by atoms with Crippen molar-refractivity contribution < 1.29 is 19.0 Å². The van der Waals surface area contributed by atoms with E-state index in [1.807, 2.05) is 26.0 Å². The van der Waals surface area contributed by atoms with Crippen LogP contribution in [0, 0.1) is 5.92 Å². The molecule has 3 rings (SSSR count). The number of thiazole rings is 1. The zero-order chi connectivity index (χ0) is 19.4.